The lowest BCUT2D eigenvalue weighted by atomic mass is 9.85. The molecule has 0 aliphatic carbocycles. The van der Waals surface area contributed by atoms with Gasteiger partial charge in [-0.25, -0.2) is 0 Å². The summed E-state index contributed by atoms with van der Waals surface area (Å²) in [6, 6.07) is -11.6. The fraction of sp³-hybridized carbons (Fsp3) is 0. The van der Waals surface area contributed by atoms with E-state index in [2.05, 4.69) is 0 Å². The number of rotatable bonds is 3. The normalized spacial score (nSPS) is 19.0. The molecule has 47 heavy (non-hydrogen) atoms. The molecule has 0 saturated carbocycles. The van der Waals surface area contributed by atoms with Crippen LogP contribution >= 0.6 is 0 Å². The Kier molecular flexibility index (Phi) is 2.57. The van der Waals surface area contributed by atoms with Crippen LogP contribution in [0.2, 0.25) is 0 Å². The molecule has 0 bridgehead atoms. The molecule has 218 valence electrons. The van der Waals surface area contributed by atoms with Crippen molar-refractivity contribution in [3.8, 4) is 33.4 Å². The van der Waals surface area contributed by atoms with Gasteiger partial charge in [0.1, 0.15) is 11.2 Å². The minimum atomic E-state index is -0.842. The van der Waals surface area contributed by atoms with Crippen LogP contribution in [0.15, 0.2) is 174 Å². The maximum Gasteiger partial charge on any atom is 0.136 e. The third-order valence-electron chi connectivity index (χ3n) is 8.04. The first-order chi connectivity index (χ1) is 33.3. The van der Waals surface area contributed by atoms with Crippen LogP contribution < -0.4 is 0 Å². The summed E-state index contributed by atoms with van der Waals surface area (Å²) in [5.41, 5.74) is -1.97. The van der Waals surface area contributed by atoms with Gasteiger partial charge in [0.05, 0.1) is 32.9 Å². The summed E-state index contributed by atoms with van der Waals surface area (Å²) < 4.78 is 219. The molecule has 0 aliphatic heterocycles. The Morgan fingerprint density at radius 2 is 0.894 bits per heavy atom. The third kappa shape index (κ3) is 4.03. The van der Waals surface area contributed by atoms with E-state index in [4.69, 9.17) is 27.7 Å². The van der Waals surface area contributed by atoms with Crippen molar-refractivity contribution in [2.75, 3.05) is 0 Å². The van der Waals surface area contributed by atoms with Crippen LogP contribution in [0.4, 0.5) is 0 Å². The van der Waals surface area contributed by atoms with Crippen molar-refractivity contribution in [2.45, 2.75) is 0 Å². The van der Waals surface area contributed by atoms with E-state index in [1.165, 1.54) is 24.3 Å². The molecule has 1 aromatic heterocycles. The molecule has 1 nitrogen and oxygen atoms in total. The quantitative estimate of drug-likeness (QED) is 0.179. The van der Waals surface area contributed by atoms with Crippen LogP contribution in [0.25, 0.3) is 98.4 Å². The van der Waals surface area contributed by atoms with Gasteiger partial charge >= 0.3 is 0 Å². The smallest absolute Gasteiger partial charge is 0.136 e. The molecule has 0 atom stereocenters. The van der Waals surface area contributed by atoms with Gasteiger partial charge in [-0.1, -0.05) is 145 Å². The van der Waals surface area contributed by atoms with Gasteiger partial charge in [0, 0.05) is 10.8 Å². The van der Waals surface area contributed by atoms with Crippen LogP contribution in [0.3, 0.4) is 0 Å². The van der Waals surface area contributed by atoms with Crippen molar-refractivity contribution < 1.29 is 37.3 Å². The molecule has 0 spiro atoms. The Hall–Kier alpha value is -6.18. The van der Waals surface area contributed by atoms with Gasteiger partial charge in [-0.3, -0.25) is 0 Å². The molecule has 1 heteroatoms. The molecule has 0 fully saturated rings. The van der Waals surface area contributed by atoms with Gasteiger partial charge < -0.3 is 4.42 Å². The molecule has 9 aromatic carbocycles. The Balaban J connectivity index is 1.36. The molecule has 0 amide bonds. The topological polar surface area (TPSA) is 13.1 Å². The van der Waals surface area contributed by atoms with Gasteiger partial charge in [-0.15, -0.1) is 0 Å². The lowest BCUT2D eigenvalue weighted by Gasteiger charge is -2.18. The predicted molar refractivity (Wildman–Crippen MR) is 200 cm³/mol. The summed E-state index contributed by atoms with van der Waals surface area (Å²) >= 11 is 0. The predicted octanol–water partition coefficient (Wildman–Crippen LogP) is 13.2. The number of furan rings is 1. The van der Waals surface area contributed by atoms with Gasteiger partial charge in [0.2, 0.25) is 0 Å². The Morgan fingerprint density at radius 1 is 0.362 bits per heavy atom. The average Bonchev–Trinajstić information content (AvgIpc) is 3.75. The summed E-state index contributed by atoms with van der Waals surface area (Å²) in [6.45, 7) is 0. The Labute approximate surface area is 305 Å². The second kappa shape index (κ2) is 10.2. The van der Waals surface area contributed by atoms with Crippen molar-refractivity contribution in [3.63, 3.8) is 0 Å². The zero-order valence-electron chi connectivity index (χ0n) is 47.7. The number of benzene rings is 9. The van der Waals surface area contributed by atoms with Gasteiger partial charge in [0.15, 0.2) is 0 Å². The van der Waals surface area contributed by atoms with E-state index < -0.39 is 178 Å². The van der Waals surface area contributed by atoms with Crippen molar-refractivity contribution in [1.82, 2.24) is 0 Å². The monoisotopic (exact) mass is 620 g/mol. The first-order valence-corrected chi connectivity index (χ1v) is 14.2. The zero-order chi connectivity index (χ0) is 51.8. The Bertz CT molecular complexity index is 4120. The SMILES string of the molecule is [2H]c1c([2H])c(-c2ccc(-c3c4c([2H])c([2H])c([2H])c([2H])c4c(-c4c([2H])c([2H])c5c([2H])c([2H])c([2H])c([2H])c5c4[2H])c4c([2H])c([2H])c([2H])c([2H])c34)cc2)c2c(oc3c([2H])c4c([2H])c([2H])c([2H])c([2H])c4c([2H])c32)c1[2H]. The number of hydrogen-bond acceptors (Lipinski definition) is 1. The summed E-state index contributed by atoms with van der Waals surface area (Å²) in [4.78, 5) is 0. The highest BCUT2D eigenvalue weighted by atomic mass is 16.3. The summed E-state index contributed by atoms with van der Waals surface area (Å²) in [5.74, 6) is 0. The molecule has 10 rings (SSSR count). The van der Waals surface area contributed by atoms with Gasteiger partial charge in [-0.05, 0) is 101 Å². The average molecular weight is 621 g/mol. The molecule has 0 saturated heterocycles. The lowest BCUT2D eigenvalue weighted by Crippen LogP contribution is -1.91. The number of hydrogen-bond donors (Lipinski definition) is 0. The molecule has 1 heterocycles. The van der Waals surface area contributed by atoms with Crippen molar-refractivity contribution in [3.05, 3.63) is 169 Å². The standard InChI is InChI=1S/C46H28O/c1-2-11-32-26-35(25-20-29(32)10-1)45-39-16-7-5-14-37(39)44(38-15-6-8-17-40(38)45)31-23-21-30(22-24-31)36-18-9-19-42-46(36)41-27-33-12-3-4-13-34(33)28-43(41)47-42/h1-28H/i1D,2D,3D,4D,5D,6D,7D,8D,9D,10D,11D,12D,13D,14D,15D,16D,17D,18D,19D,20D,25D,26D,27D,28D. The molecule has 0 aliphatic rings. The first kappa shape index (κ1) is 11.9. The molecule has 0 N–H and O–H groups in total. The highest BCUT2D eigenvalue weighted by Gasteiger charge is 2.18. The maximum atomic E-state index is 9.44. The Morgan fingerprint density at radius 3 is 1.55 bits per heavy atom. The van der Waals surface area contributed by atoms with E-state index in [-0.39, 0.29) is 65.7 Å². The minimum Gasteiger partial charge on any atom is -0.456 e. The lowest BCUT2D eigenvalue weighted by molar-refractivity contribution is 0.669. The van der Waals surface area contributed by atoms with Crippen LogP contribution in [0.1, 0.15) is 32.9 Å². The largest absolute Gasteiger partial charge is 0.456 e. The first-order valence-electron chi connectivity index (χ1n) is 26.2. The second-order valence-electron chi connectivity index (χ2n) is 10.6. The van der Waals surface area contributed by atoms with Crippen molar-refractivity contribution >= 4 is 65.0 Å². The van der Waals surface area contributed by atoms with Crippen LogP contribution in [-0.2, 0) is 0 Å². The van der Waals surface area contributed by atoms with E-state index in [0.29, 0.717) is 0 Å². The maximum absolute atomic E-state index is 9.44. The van der Waals surface area contributed by atoms with Crippen LogP contribution in [-0.4, -0.2) is 0 Å². The second-order valence-corrected chi connectivity index (χ2v) is 10.6. The molecular formula is C46H28O. The highest BCUT2D eigenvalue weighted by Crippen LogP contribution is 2.45. The fourth-order valence-electron chi connectivity index (χ4n) is 6.01. The molecule has 0 radical (unpaired) electrons. The van der Waals surface area contributed by atoms with Gasteiger partial charge in [-0.2, -0.15) is 0 Å². The van der Waals surface area contributed by atoms with E-state index in [9.17, 15) is 9.60 Å². The summed E-state index contributed by atoms with van der Waals surface area (Å²) in [6.07, 6.45) is 0. The summed E-state index contributed by atoms with van der Waals surface area (Å²) in [7, 11) is 0. The van der Waals surface area contributed by atoms with E-state index in [1.807, 2.05) is 0 Å². The third-order valence-corrected chi connectivity index (χ3v) is 8.04. The van der Waals surface area contributed by atoms with Crippen LogP contribution in [0.5, 0.6) is 0 Å². The highest BCUT2D eigenvalue weighted by molar-refractivity contribution is 6.22. The zero-order valence-corrected chi connectivity index (χ0v) is 23.7. The van der Waals surface area contributed by atoms with Gasteiger partial charge in [0.25, 0.3) is 0 Å². The van der Waals surface area contributed by atoms with Crippen molar-refractivity contribution in [2.24, 2.45) is 0 Å². The fourth-order valence-corrected chi connectivity index (χ4v) is 6.01. The van der Waals surface area contributed by atoms with Crippen LogP contribution in [0, 0.1) is 0 Å². The molecule has 0 unspecified atom stereocenters. The van der Waals surface area contributed by atoms with E-state index in [1.54, 1.807) is 0 Å². The van der Waals surface area contributed by atoms with E-state index >= 15 is 0 Å². The minimum absolute atomic E-state index is 0.0380. The molecular weight excluding hydrogens is 569 g/mol. The number of fused-ring (bicyclic) bond motifs is 7. The van der Waals surface area contributed by atoms with E-state index in [0.717, 1.165) is 0 Å². The van der Waals surface area contributed by atoms with Crippen molar-refractivity contribution in [1.29, 1.82) is 0 Å². The molecule has 10 aromatic rings. The summed E-state index contributed by atoms with van der Waals surface area (Å²) in [5, 5.41) is -3.62.